The van der Waals surface area contributed by atoms with Crippen molar-refractivity contribution < 1.29 is 4.74 Å². The standard InChI is InChI=1S/C8H8N2O.C2H6/c1-2-11-8-5-3-4-7(6-9)10-8;1-2/h3-5H,2H2,1H3;1-2H3. The Morgan fingerprint density at radius 1 is 1.46 bits per heavy atom. The van der Waals surface area contributed by atoms with Crippen molar-refractivity contribution in [3.8, 4) is 11.9 Å². The van der Waals surface area contributed by atoms with Crippen molar-refractivity contribution in [2.75, 3.05) is 6.61 Å². The Balaban J connectivity index is 0.000000671. The van der Waals surface area contributed by atoms with E-state index in [4.69, 9.17) is 10.00 Å². The maximum Gasteiger partial charge on any atom is 0.214 e. The van der Waals surface area contributed by atoms with Crippen LogP contribution in [0.4, 0.5) is 0 Å². The maximum absolute atomic E-state index is 8.46. The molecule has 70 valence electrons. The van der Waals surface area contributed by atoms with E-state index in [1.54, 1.807) is 18.2 Å². The van der Waals surface area contributed by atoms with Gasteiger partial charge in [0.15, 0.2) is 0 Å². The van der Waals surface area contributed by atoms with Crippen LogP contribution in [0.15, 0.2) is 18.2 Å². The van der Waals surface area contributed by atoms with Crippen molar-refractivity contribution in [2.45, 2.75) is 20.8 Å². The number of rotatable bonds is 2. The number of pyridine rings is 1. The minimum atomic E-state index is 0.385. The van der Waals surface area contributed by atoms with Crippen LogP contribution in [-0.2, 0) is 0 Å². The van der Waals surface area contributed by atoms with E-state index in [0.29, 0.717) is 18.2 Å². The Bertz CT molecular complexity index is 278. The van der Waals surface area contributed by atoms with E-state index in [0.717, 1.165) is 0 Å². The largest absolute Gasteiger partial charge is 0.478 e. The number of hydrogen-bond donors (Lipinski definition) is 0. The van der Waals surface area contributed by atoms with Crippen LogP contribution in [0.3, 0.4) is 0 Å². The molecule has 0 N–H and O–H groups in total. The number of aromatic nitrogens is 1. The lowest BCUT2D eigenvalue weighted by Crippen LogP contribution is -1.94. The quantitative estimate of drug-likeness (QED) is 0.698. The van der Waals surface area contributed by atoms with E-state index in [9.17, 15) is 0 Å². The summed E-state index contributed by atoms with van der Waals surface area (Å²) in [5.74, 6) is 0.506. The molecule has 3 nitrogen and oxygen atoms in total. The predicted molar refractivity (Wildman–Crippen MR) is 51.5 cm³/mol. The van der Waals surface area contributed by atoms with Gasteiger partial charge in [-0.2, -0.15) is 5.26 Å². The van der Waals surface area contributed by atoms with E-state index in [1.807, 2.05) is 26.8 Å². The van der Waals surface area contributed by atoms with Gasteiger partial charge in [0.05, 0.1) is 6.61 Å². The fraction of sp³-hybridized carbons (Fsp3) is 0.400. The van der Waals surface area contributed by atoms with Crippen LogP contribution in [0.5, 0.6) is 5.88 Å². The summed E-state index contributed by atoms with van der Waals surface area (Å²) in [5, 5.41) is 8.46. The maximum atomic E-state index is 8.46. The Kier molecular flexibility index (Phi) is 6.26. The Hall–Kier alpha value is -1.56. The molecule has 1 aromatic heterocycles. The van der Waals surface area contributed by atoms with Crippen molar-refractivity contribution in [1.82, 2.24) is 4.98 Å². The van der Waals surface area contributed by atoms with Gasteiger partial charge in [0, 0.05) is 6.07 Å². The fourth-order valence-corrected chi connectivity index (χ4v) is 0.705. The van der Waals surface area contributed by atoms with E-state index in [2.05, 4.69) is 4.98 Å². The molecule has 0 saturated heterocycles. The van der Waals surface area contributed by atoms with Gasteiger partial charge in [-0.15, -0.1) is 0 Å². The van der Waals surface area contributed by atoms with Gasteiger partial charge >= 0.3 is 0 Å². The first kappa shape index (κ1) is 11.4. The van der Waals surface area contributed by atoms with Crippen molar-refractivity contribution >= 4 is 0 Å². The normalized spacial score (nSPS) is 7.85. The molecule has 0 saturated carbocycles. The zero-order chi connectivity index (χ0) is 10.1. The second-order valence-electron chi connectivity index (χ2n) is 1.91. The molecule has 0 aliphatic carbocycles. The Morgan fingerprint density at radius 3 is 2.69 bits per heavy atom. The highest BCUT2D eigenvalue weighted by Gasteiger charge is 1.94. The molecule has 0 unspecified atom stereocenters. The molecule has 0 aromatic carbocycles. The highest BCUT2D eigenvalue weighted by molar-refractivity contribution is 5.24. The lowest BCUT2D eigenvalue weighted by Gasteiger charge is -1.99. The molecule has 0 aliphatic heterocycles. The molecular weight excluding hydrogens is 164 g/mol. The van der Waals surface area contributed by atoms with Gasteiger partial charge in [-0.3, -0.25) is 0 Å². The van der Waals surface area contributed by atoms with Crippen LogP contribution in [0.25, 0.3) is 0 Å². The summed E-state index contributed by atoms with van der Waals surface area (Å²) < 4.78 is 5.09. The summed E-state index contributed by atoms with van der Waals surface area (Å²) in [6, 6.07) is 7.05. The summed E-state index contributed by atoms with van der Waals surface area (Å²) in [4.78, 5) is 3.90. The van der Waals surface area contributed by atoms with E-state index < -0.39 is 0 Å². The van der Waals surface area contributed by atoms with Crippen LogP contribution in [-0.4, -0.2) is 11.6 Å². The molecule has 0 atom stereocenters. The molecule has 1 heterocycles. The van der Waals surface area contributed by atoms with E-state index in [1.165, 1.54) is 0 Å². The minimum absolute atomic E-state index is 0.385. The second-order valence-corrected chi connectivity index (χ2v) is 1.91. The van der Waals surface area contributed by atoms with Crippen molar-refractivity contribution in [2.24, 2.45) is 0 Å². The minimum Gasteiger partial charge on any atom is -0.478 e. The molecule has 0 aliphatic rings. The van der Waals surface area contributed by atoms with Gasteiger partial charge in [0.2, 0.25) is 5.88 Å². The lowest BCUT2D eigenvalue weighted by molar-refractivity contribution is 0.326. The van der Waals surface area contributed by atoms with Crippen LogP contribution in [0.1, 0.15) is 26.5 Å². The molecule has 0 fully saturated rings. The Labute approximate surface area is 79.0 Å². The fourth-order valence-electron chi connectivity index (χ4n) is 0.705. The van der Waals surface area contributed by atoms with Gasteiger partial charge < -0.3 is 4.74 Å². The summed E-state index contributed by atoms with van der Waals surface area (Å²) in [6.07, 6.45) is 0. The zero-order valence-corrected chi connectivity index (χ0v) is 8.24. The molecule has 0 bridgehead atoms. The molecule has 3 heteroatoms. The predicted octanol–water partition coefficient (Wildman–Crippen LogP) is 2.38. The average Bonchev–Trinajstić information content (AvgIpc) is 2.22. The van der Waals surface area contributed by atoms with Gasteiger partial charge in [0.25, 0.3) is 0 Å². The average molecular weight is 178 g/mol. The summed E-state index contributed by atoms with van der Waals surface area (Å²) >= 11 is 0. The highest BCUT2D eigenvalue weighted by Crippen LogP contribution is 2.05. The number of nitrogens with zero attached hydrogens (tertiary/aromatic N) is 2. The Morgan fingerprint density at radius 2 is 2.15 bits per heavy atom. The van der Waals surface area contributed by atoms with E-state index in [-0.39, 0.29) is 0 Å². The topological polar surface area (TPSA) is 45.9 Å². The van der Waals surface area contributed by atoms with E-state index >= 15 is 0 Å². The van der Waals surface area contributed by atoms with Gasteiger partial charge in [-0.25, -0.2) is 4.98 Å². The van der Waals surface area contributed by atoms with Crippen molar-refractivity contribution in [3.63, 3.8) is 0 Å². The van der Waals surface area contributed by atoms with Crippen molar-refractivity contribution in [1.29, 1.82) is 5.26 Å². The van der Waals surface area contributed by atoms with Crippen LogP contribution < -0.4 is 4.74 Å². The van der Waals surface area contributed by atoms with Crippen LogP contribution in [0, 0.1) is 11.3 Å². The summed E-state index contributed by atoms with van der Waals surface area (Å²) in [6.45, 7) is 6.45. The highest BCUT2D eigenvalue weighted by atomic mass is 16.5. The molecule has 1 aromatic rings. The summed E-state index contributed by atoms with van der Waals surface area (Å²) in [7, 11) is 0. The van der Waals surface area contributed by atoms with Gasteiger partial charge in [0.1, 0.15) is 11.8 Å². The first-order valence-corrected chi connectivity index (χ1v) is 4.36. The lowest BCUT2D eigenvalue weighted by atomic mass is 10.4. The third-order valence-corrected chi connectivity index (χ3v) is 1.13. The second kappa shape index (κ2) is 7.11. The van der Waals surface area contributed by atoms with Gasteiger partial charge in [-0.1, -0.05) is 19.9 Å². The number of nitriles is 1. The molecule has 0 radical (unpaired) electrons. The molecule has 13 heavy (non-hydrogen) atoms. The van der Waals surface area contributed by atoms with Crippen LogP contribution >= 0.6 is 0 Å². The first-order chi connectivity index (χ1) is 6.36. The van der Waals surface area contributed by atoms with Gasteiger partial charge in [-0.05, 0) is 13.0 Å². The number of ether oxygens (including phenoxy) is 1. The monoisotopic (exact) mass is 178 g/mol. The smallest absolute Gasteiger partial charge is 0.214 e. The SMILES string of the molecule is CC.CCOc1cccc(C#N)n1. The number of hydrogen-bond acceptors (Lipinski definition) is 3. The first-order valence-electron chi connectivity index (χ1n) is 4.36. The molecule has 0 amide bonds. The third kappa shape index (κ3) is 4.12. The van der Waals surface area contributed by atoms with Crippen LogP contribution in [0.2, 0.25) is 0 Å². The summed E-state index contributed by atoms with van der Waals surface area (Å²) in [5.41, 5.74) is 0.385. The molecular formula is C10H14N2O. The van der Waals surface area contributed by atoms with Crippen molar-refractivity contribution in [3.05, 3.63) is 23.9 Å². The third-order valence-electron chi connectivity index (χ3n) is 1.13. The zero-order valence-electron chi connectivity index (χ0n) is 8.24. The molecule has 0 spiro atoms. The molecule has 1 rings (SSSR count).